The molecule has 1 aliphatic heterocycles. The number of benzene rings is 2. The van der Waals surface area contributed by atoms with E-state index >= 15 is 0 Å². The molecule has 180 valence electrons. The summed E-state index contributed by atoms with van der Waals surface area (Å²) in [6, 6.07) is 15.6. The first-order chi connectivity index (χ1) is 15.9. The van der Waals surface area contributed by atoms with Crippen molar-refractivity contribution in [2.24, 2.45) is 5.92 Å². The summed E-state index contributed by atoms with van der Waals surface area (Å²) in [6.07, 6.45) is 3.36. The Labute approximate surface area is 197 Å². The number of hydrogen-bond donors (Lipinski definition) is 1. The van der Waals surface area contributed by atoms with Gasteiger partial charge >= 0.3 is 0 Å². The van der Waals surface area contributed by atoms with Gasteiger partial charge in [-0.25, -0.2) is 12.7 Å². The molecule has 0 saturated carbocycles. The molecule has 1 atom stereocenters. The molecule has 0 spiro atoms. The molecule has 0 radical (unpaired) electrons. The highest BCUT2D eigenvalue weighted by Gasteiger charge is 2.31. The van der Waals surface area contributed by atoms with E-state index < -0.39 is 10.0 Å². The standard InChI is InChI=1S/C25H34N2O5S/c1-31-23-13-12-21(18-24(23)32-2)14-15-26-25(28)22-11-6-16-27(19-22)33(29,30)17-7-10-20-8-4-3-5-9-20/h3-5,8-9,12-13,18,22H,6-7,10-11,14-17,19H2,1-2H3,(H,26,28)/t22-/m1/s1. The van der Waals surface area contributed by atoms with Gasteiger partial charge in [-0.15, -0.1) is 0 Å². The molecular weight excluding hydrogens is 440 g/mol. The second-order valence-corrected chi connectivity index (χ2v) is 10.4. The monoisotopic (exact) mass is 474 g/mol. The number of aryl methyl sites for hydroxylation is 1. The van der Waals surface area contributed by atoms with Crippen molar-refractivity contribution in [2.75, 3.05) is 39.6 Å². The van der Waals surface area contributed by atoms with Crippen molar-refractivity contribution in [3.63, 3.8) is 0 Å². The molecule has 7 nitrogen and oxygen atoms in total. The number of carbonyl (C=O) groups is 1. The van der Waals surface area contributed by atoms with Crippen molar-refractivity contribution in [1.29, 1.82) is 0 Å². The minimum absolute atomic E-state index is 0.0836. The van der Waals surface area contributed by atoms with Gasteiger partial charge in [0.1, 0.15) is 0 Å². The van der Waals surface area contributed by atoms with Gasteiger partial charge in [-0.2, -0.15) is 0 Å². The molecule has 8 heteroatoms. The fourth-order valence-electron chi connectivity index (χ4n) is 4.15. The summed E-state index contributed by atoms with van der Waals surface area (Å²) in [5.41, 5.74) is 2.16. The number of amides is 1. The molecule has 2 aromatic rings. The van der Waals surface area contributed by atoms with Crippen molar-refractivity contribution in [3.05, 3.63) is 59.7 Å². The highest BCUT2D eigenvalue weighted by molar-refractivity contribution is 7.89. The molecule has 2 aromatic carbocycles. The largest absolute Gasteiger partial charge is 0.493 e. The first kappa shape index (κ1) is 25.1. The maximum atomic E-state index is 12.8. The fourth-order valence-corrected chi connectivity index (χ4v) is 5.73. The molecule has 1 heterocycles. The lowest BCUT2D eigenvalue weighted by atomic mass is 9.99. The van der Waals surface area contributed by atoms with Gasteiger partial charge in [0.25, 0.3) is 0 Å². The number of rotatable bonds is 11. The minimum Gasteiger partial charge on any atom is -0.493 e. The molecule has 1 amide bonds. The van der Waals surface area contributed by atoms with Crippen molar-refractivity contribution < 1.29 is 22.7 Å². The Morgan fingerprint density at radius 1 is 1.03 bits per heavy atom. The SMILES string of the molecule is COc1ccc(CCNC(=O)[C@@H]2CCCN(S(=O)(=O)CCCc3ccccc3)C2)cc1OC. The highest BCUT2D eigenvalue weighted by atomic mass is 32.2. The number of methoxy groups -OCH3 is 2. The van der Waals surface area contributed by atoms with Gasteiger partial charge in [0.2, 0.25) is 15.9 Å². The first-order valence-corrected chi connectivity index (χ1v) is 13.0. The zero-order valence-electron chi connectivity index (χ0n) is 19.5. The van der Waals surface area contributed by atoms with Crippen LogP contribution in [0.5, 0.6) is 11.5 Å². The van der Waals surface area contributed by atoms with Crippen LogP contribution < -0.4 is 14.8 Å². The molecule has 0 unspecified atom stereocenters. The second kappa shape index (κ2) is 12.0. The Kier molecular flexibility index (Phi) is 9.14. The van der Waals surface area contributed by atoms with Crippen LogP contribution in [0.4, 0.5) is 0 Å². The van der Waals surface area contributed by atoms with E-state index in [-0.39, 0.29) is 24.1 Å². The van der Waals surface area contributed by atoms with E-state index in [9.17, 15) is 13.2 Å². The lowest BCUT2D eigenvalue weighted by Crippen LogP contribution is -2.46. The summed E-state index contributed by atoms with van der Waals surface area (Å²) in [7, 11) is -0.187. The van der Waals surface area contributed by atoms with E-state index in [1.807, 2.05) is 48.5 Å². The Bertz CT molecular complexity index is 1010. The number of nitrogens with zero attached hydrogens (tertiary/aromatic N) is 1. The van der Waals surface area contributed by atoms with Gasteiger partial charge in [0.05, 0.1) is 25.9 Å². The van der Waals surface area contributed by atoms with Crippen molar-refractivity contribution in [1.82, 2.24) is 9.62 Å². The third kappa shape index (κ3) is 7.20. The molecule has 1 saturated heterocycles. The number of carbonyl (C=O) groups excluding carboxylic acids is 1. The molecule has 1 N–H and O–H groups in total. The average molecular weight is 475 g/mol. The molecular formula is C25H34N2O5S. The Balaban J connectivity index is 1.46. The van der Waals surface area contributed by atoms with E-state index in [1.54, 1.807) is 14.2 Å². The number of ether oxygens (including phenoxy) is 2. The Morgan fingerprint density at radius 2 is 1.79 bits per heavy atom. The van der Waals surface area contributed by atoms with Crippen LogP contribution >= 0.6 is 0 Å². The van der Waals surface area contributed by atoms with Crippen molar-refractivity contribution >= 4 is 15.9 Å². The summed E-state index contributed by atoms with van der Waals surface area (Å²) < 4.78 is 37.7. The van der Waals surface area contributed by atoms with Crippen LogP contribution in [0.3, 0.4) is 0 Å². The first-order valence-electron chi connectivity index (χ1n) is 11.4. The van der Waals surface area contributed by atoms with Gasteiger partial charge < -0.3 is 14.8 Å². The molecule has 1 aliphatic rings. The predicted octanol–water partition coefficient (Wildman–Crippen LogP) is 3.04. The summed E-state index contributed by atoms with van der Waals surface area (Å²) in [5.74, 6) is 1.03. The van der Waals surface area contributed by atoms with Crippen LogP contribution in [-0.2, 0) is 27.7 Å². The topological polar surface area (TPSA) is 84.9 Å². The van der Waals surface area contributed by atoms with E-state index in [0.717, 1.165) is 17.5 Å². The summed E-state index contributed by atoms with van der Waals surface area (Å²) >= 11 is 0. The van der Waals surface area contributed by atoms with Crippen LogP contribution in [0, 0.1) is 5.92 Å². The van der Waals surface area contributed by atoms with Crippen molar-refractivity contribution in [2.45, 2.75) is 32.1 Å². The lowest BCUT2D eigenvalue weighted by molar-refractivity contribution is -0.126. The Hall–Kier alpha value is -2.58. The average Bonchev–Trinajstić information content (AvgIpc) is 2.84. The van der Waals surface area contributed by atoms with E-state index in [2.05, 4.69) is 5.32 Å². The molecule has 33 heavy (non-hydrogen) atoms. The van der Waals surface area contributed by atoms with E-state index in [1.165, 1.54) is 4.31 Å². The number of hydrogen-bond acceptors (Lipinski definition) is 5. The van der Waals surface area contributed by atoms with Gasteiger partial charge in [-0.1, -0.05) is 36.4 Å². The quantitative estimate of drug-likeness (QED) is 0.541. The predicted molar refractivity (Wildman–Crippen MR) is 129 cm³/mol. The molecule has 0 aliphatic carbocycles. The van der Waals surface area contributed by atoms with Crippen LogP contribution in [0.15, 0.2) is 48.5 Å². The third-order valence-electron chi connectivity index (χ3n) is 6.02. The summed E-state index contributed by atoms with van der Waals surface area (Å²) in [4.78, 5) is 12.7. The molecule has 3 rings (SSSR count). The zero-order chi connectivity index (χ0) is 23.7. The minimum atomic E-state index is -3.37. The molecule has 1 fully saturated rings. The number of sulfonamides is 1. The summed E-state index contributed by atoms with van der Waals surface area (Å²) in [5, 5.41) is 2.97. The zero-order valence-corrected chi connectivity index (χ0v) is 20.3. The van der Waals surface area contributed by atoms with Crippen LogP contribution in [-0.4, -0.2) is 58.2 Å². The maximum Gasteiger partial charge on any atom is 0.224 e. The van der Waals surface area contributed by atoms with Crippen molar-refractivity contribution in [3.8, 4) is 11.5 Å². The van der Waals surface area contributed by atoms with Crippen LogP contribution in [0.1, 0.15) is 30.4 Å². The van der Waals surface area contributed by atoms with Gasteiger partial charge in [0, 0.05) is 19.6 Å². The molecule has 0 bridgehead atoms. The van der Waals surface area contributed by atoms with Gasteiger partial charge in [-0.05, 0) is 55.4 Å². The Morgan fingerprint density at radius 3 is 2.52 bits per heavy atom. The highest BCUT2D eigenvalue weighted by Crippen LogP contribution is 2.27. The lowest BCUT2D eigenvalue weighted by Gasteiger charge is -2.31. The van der Waals surface area contributed by atoms with E-state index in [0.29, 0.717) is 50.3 Å². The fraction of sp³-hybridized carbons (Fsp3) is 0.480. The maximum absolute atomic E-state index is 12.8. The smallest absolute Gasteiger partial charge is 0.224 e. The third-order valence-corrected chi connectivity index (χ3v) is 7.94. The normalized spacial score (nSPS) is 16.8. The van der Waals surface area contributed by atoms with Gasteiger partial charge in [0.15, 0.2) is 11.5 Å². The number of nitrogens with one attached hydrogen (secondary N) is 1. The summed E-state index contributed by atoms with van der Waals surface area (Å²) in [6.45, 7) is 1.23. The van der Waals surface area contributed by atoms with Crippen LogP contribution in [0.25, 0.3) is 0 Å². The molecule has 0 aromatic heterocycles. The number of piperidine rings is 1. The second-order valence-electron chi connectivity index (χ2n) is 8.33. The van der Waals surface area contributed by atoms with Crippen LogP contribution in [0.2, 0.25) is 0 Å². The van der Waals surface area contributed by atoms with E-state index in [4.69, 9.17) is 9.47 Å². The van der Waals surface area contributed by atoms with Gasteiger partial charge in [-0.3, -0.25) is 4.79 Å².